The summed E-state index contributed by atoms with van der Waals surface area (Å²) in [4.78, 5) is 18.9. The van der Waals surface area contributed by atoms with Crippen LogP contribution in [0.5, 0.6) is 0 Å². The van der Waals surface area contributed by atoms with Crippen LogP contribution in [0.4, 0.5) is 0 Å². The molecule has 4 heteroatoms. The van der Waals surface area contributed by atoms with Gasteiger partial charge in [-0.25, -0.2) is 0 Å². The van der Waals surface area contributed by atoms with Crippen molar-refractivity contribution in [2.24, 2.45) is 0 Å². The second kappa shape index (κ2) is 5.73. The zero-order valence-corrected chi connectivity index (χ0v) is 13.2. The molecule has 1 N–H and O–H groups in total. The molecule has 3 aromatic rings. The van der Waals surface area contributed by atoms with E-state index >= 15 is 0 Å². The van der Waals surface area contributed by atoms with Crippen molar-refractivity contribution in [3.8, 4) is 0 Å². The van der Waals surface area contributed by atoms with Gasteiger partial charge in [-0.05, 0) is 23.4 Å². The van der Waals surface area contributed by atoms with Crippen LogP contribution in [0, 0.1) is 0 Å². The maximum absolute atomic E-state index is 12.9. The van der Waals surface area contributed by atoms with Gasteiger partial charge in [0.05, 0.1) is 6.54 Å². The summed E-state index contributed by atoms with van der Waals surface area (Å²) in [5.41, 5.74) is 0.318. The zero-order valence-electron chi connectivity index (χ0n) is 13.2. The van der Waals surface area contributed by atoms with Gasteiger partial charge in [0.1, 0.15) is 11.3 Å². The fourth-order valence-corrected chi connectivity index (χ4v) is 3.39. The van der Waals surface area contributed by atoms with Crippen LogP contribution in [0.1, 0.15) is 22.5 Å². The van der Waals surface area contributed by atoms with Crippen LogP contribution < -0.4 is 0 Å². The highest BCUT2D eigenvalue weighted by Gasteiger charge is 2.40. The Bertz CT molecular complexity index is 889. The normalized spacial score (nSPS) is 20.5. The van der Waals surface area contributed by atoms with Gasteiger partial charge in [-0.2, -0.15) is 0 Å². The lowest BCUT2D eigenvalue weighted by molar-refractivity contribution is 0.0416. The number of rotatable bonds is 2. The number of fused-ring (bicyclic) bond motifs is 1. The van der Waals surface area contributed by atoms with Crippen LogP contribution in [0.3, 0.4) is 0 Å². The van der Waals surface area contributed by atoms with Gasteiger partial charge in [-0.1, -0.05) is 54.6 Å². The molecule has 24 heavy (non-hydrogen) atoms. The molecule has 4 nitrogen and oxygen atoms in total. The summed E-state index contributed by atoms with van der Waals surface area (Å²) in [7, 11) is 0. The minimum Gasteiger partial charge on any atom is -0.383 e. The number of hydrogen-bond acceptors (Lipinski definition) is 3. The van der Waals surface area contributed by atoms with Gasteiger partial charge in [0, 0.05) is 18.1 Å². The molecule has 2 heterocycles. The van der Waals surface area contributed by atoms with Crippen LogP contribution in [0.15, 0.2) is 66.9 Å². The van der Waals surface area contributed by atoms with E-state index in [2.05, 4.69) is 4.98 Å². The second-order valence-electron chi connectivity index (χ2n) is 6.26. The Morgan fingerprint density at radius 2 is 1.79 bits per heavy atom. The number of aliphatic hydroxyl groups is 1. The van der Waals surface area contributed by atoms with E-state index in [1.165, 1.54) is 0 Å². The first kappa shape index (κ1) is 14.8. The molecule has 2 aromatic carbocycles. The SMILES string of the molecule is O=C(c1nccc2ccccc12)N1CC[C@@](O)(c2ccccc2)C1. The molecule has 1 aliphatic rings. The maximum Gasteiger partial charge on any atom is 0.273 e. The highest BCUT2D eigenvalue weighted by atomic mass is 16.3. The van der Waals surface area contributed by atoms with E-state index in [1.54, 1.807) is 11.1 Å². The Morgan fingerprint density at radius 1 is 1.04 bits per heavy atom. The van der Waals surface area contributed by atoms with Gasteiger partial charge in [-0.15, -0.1) is 0 Å². The number of amides is 1. The standard InChI is InChI=1S/C20H18N2O2/c23-19(18-17-9-5-4-6-15(17)10-12-21-18)22-13-11-20(24,14-22)16-7-2-1-3-8-16/h1-10,12,24H,11,13-14H2/t20-/m0/s1. The van der Waals surface area contributed by atoms with E-state index in [0.29, 0.717) is 25.2 Å². The minimum absolute atomic E-state index is 0.126. The molecule has 0 bridgehead atoms. The van der Waals surface area contributed by atoms with Crippen molar-refractivity contribution in [2.75, 3.05) is 13.1 Å². The lowest BCUT2D eigenvalue weighted by atomic mass is 9.93. The number of nitrogens with zero attached hydrogens (tertiary/aromatic N) is 2. The highest BCUT2D eigenvalue weighted by molar-refractivity contribution is 6.05. The highest BCUT2D eigenvalue weighted by Crippen LogP contribution is 2.32. The Hall–Kier alpha value is -2.72. The molecule has 1 fully saturated rings. The van der Waals surface area contributed by atoms with Crippen molar-refractivity contribution in [2.45, 2.75) is 12.0 Å². The van der Waals surface area contributed by atoms with Crippen molar-refractivity contribution in [1.29, 1.82) is 0 Å². The molecule has 0 spiro atoms. The van der Waals surface area contributed by atoms with Crippen molar-refractivity contribution in [3.05, 3.63) is 78.1 Å². The smallest absolute Gasteiger partial charge is 0.273 e. The number of carbonyl (C=O) groups excluding carboxylic acids is 1. The number of pyridine rings is 1. The van der Waals surface area contributed by atoms with Crippen molar-refractivity contribution in [3.63, 3.8) is 0 Å². The number of benzene rings is 2. The largest absolute Gasteiger partial charge is 0.383 e. The number of carbonyl (C=O) groups is 1. The van der Waals surface area contributed by atoms with E-state index in [9.17, 15) is 9.90 Å². The van der Waals surface area contributed by atoms with Crippen LogP contribution in [0.25, 0.3) is 10.8 Å². The molecular formula is C20H18N2O2. The van der Waals surface area contributed by atoms with Gasteiger partial charge in [0.15, 0.2) is 0 Å². The quantitative estimate of drug-likeness (QED) is 0.790. The lowest BCUT2D eigenvalue weighted by Gasteiger charge is -2.24. The van der Waals surface area contributed by atoms with Gasteiger partial charge >= 0.3 is 0 Å². The van der Waals surface area contributed by atoms with Gasteiger partial charge in [-0.3, -0.25) is 9.78 Å². The van der Waals surface area contributed by atoms with E-state index in [-0.39, 0.29) is 5.91 Å². The molecule has 1 atom stereocenters. The minimum atomic E-state index is -0.985. The third-order valence-electron chi connectivity index (χ3n) is 4.72. The molecule has 1 aliphatic heterocycles. The lowest BCUT2D eigenvalue weighted by Crippen LogP contribution is -2.34. The Balaban J connectivity index is 1.64. The van der Waals surface area contributed by atoms with Crippen LogP contribution in [-0.4, -0.2) is 34.0 Å². The summed E-state index contributed by atoms with van der Waals surface area (Å²) in [6.07, 6.45) is 2.20. The Morgan fingerprint density at radius 3 is 2.62 bits per heavy atom. The molecule has 1 amide bonds. The topological polar surface area (TPSA) is 53.4 Å². The maximum atomic E-state index is 12.9. The number of aromatic nitrogens is 1. The first-order chi connectivity index (χ1) is 11.7. The predicted molar refractivity (Wildman–Crippen MR) is 92.6 cm³/mol. The van der Waals surface area contributed by atoms with Gasteiger partial charge in [0.2, 0.25) is 0 Å². The Labute approximate surface area is 140 Å². The average molecular weight is 318 g/mol. The Kier molecular flexibility index (Phi) is 3.54. The first-order valence-corrected chi connectivity index (χ1v) is 8.08. The van der Waals surface area contributed by atoms with Crippen LogP contribution in [-0.2, 0) is 5.60 Å². The fraction of sp³-hybridized carbons (Fsp3) is 0.200. The number of β-amino-alcohol motifs (C(OH)–C–C–N with tert-alkyl or cyclic N) is 1. The van der Waals surface area contributed by atoms with Crippen molar-refractivity contribution >= 4 is 16.7 Å². The summed E-state index contributed by atoms with van der Waals surface area (Å²) >= 11 is 0. The third kappa shape index (κ3) is 2.45. The van der Waals surface area contributed by atoms with Gasteiger partial charge in [0.25, 0.3) is 5.91 Å². The molecular weight excluding hydrogens is 300 g/mol. The third-order valence-corrected chi connectivity index (χ3v) is 4.72. The summed E-state index contributed by atoms with van der Waals surface area (Å²) in [5.74, 6) is -0.126. The summed E-state index contributed by atoms with van der Waals surface area (Å²) in [6.45, 7) is 0.815. The predicted octanol–water partition coefficient (Wildman–Crippen LogP) is 2.97. The van der Waals surface area contributed by atoms with E-state index in [4.69, 9.17) is 0 Å². The molecule has 0 unspecified atom stereocenters. The van der Waals surface area contributed by atoms with E-state index in [0.717, 1.165) is 16.3 Å². The number of hydrogen-bond donors (Lipinski definition) is 1. The van der Waals surface area contributed by atoms with Crippen LogP contribution in [0.2, 0.25) is 0 Å². The number of likely N-dealkylation sites (tertiary alicyclic amines) is 1. The average Bonchev–Trinajstić information content (AvgIpc) is 3.05. The molecule has 4 rings (SSSR count). The monoisotopic (exact) mass is 318 g/mol. The van der Waals surface area contributed by atoms with E-state index < -0.39 is 5.60 Å². The first-order valence-electron chi connectivity index (χ1n) is 8.08. The van der Waals surface area contributed by atoms with Crippen LogP contribution >= 0.6 is 0 Å². The second-order valence-corrected chi connectivity index (χ2v) is 6.26. The molecule has 0 aliphatic carbocycles. The van der Waals surface area contributed by atoms with E-state index in [1.807, 2.05) is 60.7 Å². The van der Waals surface area contributed by atoms with Crippen molar-refractivity contribution < 1.29 is 9.90 Å². The summed E-state index contributed by atoms with van der Waals surface area (Å²) in [6, 6.07) is 19.2. The summed E-state index contributed by atoms with van der Waals surface area (Å²) < 4.78 is 0. The molecule has 0 saturated carbocycles. The zero-order chi connectivity index (χ0) is 16.6. The van der Waals surface area contributed by atoms with Gasteiger partial charge < -0.3 is 10.0 Å². The molecule has 120 valence electrons. The fourth-order valence-electron chi connectivity index (χ4n) is 3.39. The molecule has 1 saturated heterocycles. The van der Waals surface area contributed by atoms with Crippen molar-refractivity contribution in [1.82, 2.24) is 9.88 Å². The molecule has 0 radical (unpaired) electrons. The molecule has 1 aromatic heterocycles. The summed E-state index contributed by atoms with van der Waals surface area (Å²) in [5, 5.41) is 12.8.